The molecule has 1 aliphatic rings. The van der Waals surface area contributed by atoms with Crippen LogP contribution in [-0.2, 0) is 6.42 Å². The molecule has 2 rings (SSSR count). The summed E-state index contributed by atoms with van der Waals surface area (Å²) in [5.74, 6) is 0.877. The topological polar surface area (TPSA) is 20.2 Å². The van der Waals surface area contributed by atoms with Gasteiger partial charge in [-0.05, 0) is 36.7 Å². The molecule has 0 heterocycles. The maximum absolute atomic E-state index is 9.58. The molecule has 1 unspecified atom stereocenters. The van der Waals surface area contributed by atoms with Crippen LogP contribution in [0.15, 0.2) is 24.3 Å². The highest BCUT2D eigenvalue weighted by atomic mass is 16.3. The molecule has 0 aliphatic heterocycles. The minimum atomic E-state index is 0.0798. The Balaban J connectivity index is 2.01. The number of aliphatic hydroxyl groups excluding tert-OH is 1. The Morgan fingerprint density at radius 1 is 1.25 bits per heavy atom. The zero-order chi connectivity index (χ0) is 11.6. The van der Waals surface area contributed by atoms with Gasteiger partial charge in [0.25, 0.3) is 0 Å². The van der Waals surface area contributed by atoms with Crippen molar-refractivity contribution in [3.8, 4) is 0 Å². The largest absolute Gasteiger partial charge is 0.396 e. The molecule has 88 valence electrons. The minimum Gasteiger partial charge on any atom is -0.396 e. The quantitative estimate of drug-likeness (QED) is 0.803. The SMILES string of the molecule is Cc1ccc(CC(C)(CO)CC2CC2)cc1. The van der Waals surface area contributed by atoms with Crippen LogP contribution >= 0.6 is 0 Å². The van der Waals surface area contributed by atoms with Gasteiger partial charge in [0.05, 0.1) is 0 Å². The molecule has 0 bridgehead atoms. The molecule has 1 nitrogen and oxygen atoms in total. The number of hydrogen-bond acceptors (Lipinski definition) is 1. The fraction of sp³-hybridized carbons (Fsp3) is 0.600. The average Bonchev–Trinajstić information content (AvgIpc) is 3.05. The number of aryl methyl sites for hydroxylation is 1. The van der Waals surface area contributed by atoms with Gasteiger partial charge in [-0.2, -0.15) is 0 Å². The Kier molecular flexibility index (Phi) is 3.34. The van der Waals surface area contributed by atoms with Crippen molar-refractivity contribution >= 4 is 0 Å². The van der Waals surface area contributed by atoms with Crippen LogP contribution in [0.5, 0.6) is 0 Å². The van der Waals surface area contributed by atoms with E-state index in [1.165, 1.54) is 30.4 Å². The lowest BCUT2D eigenvalue weighted by atomic mass is 9.79. The van der Waals surface area contributed by atoms with Crippen molar-refractivity contribution in [3.05, 3.63) is 35.4 Å². The van der Waals surface area contributed by atoms with E-state index in [0.29, 0.717) is 6.61 Å². The predicted octanol–water partition coefficient (Wildman–Crippen LogP) is 3.34. The van der Waals surface area contributed by atoms with Crippen molar-refractivity contribution in [1.29, 1.82) is 0 Å². The van der Waals surface area contributed by atoms with Crippen LogP contribution in [0, 0.1) is 18.3 Å². The van der Waals surface area contributed by atoms with Gasteiger partial charge in [0.2, 0.25) is 0 Å². The third-order valence-corrected chi connectivity index (χ3v) is 3.61. The molecular weight excluding hydrogens is 196 g/mol. The van der Waals surface area contributed by atoms with Gasteiger partial charge in [-0.25, -0.2) is 0 Å². The second-order valence-corrected chi connectivity index (χ2v) is 5.78. The van der Waals surface area contributed by atoms with Crippen LogP contribution in [0.25, 0.3) is 0 Å². The van der Waals surface area contributed by atoms with Gasteiger partial charge in [0.1, 0.15) is 0 Å². The second-order valence-electron chi connectivity index (χ2n) is 5.78. The van der Waals surface area contributed by atoms with E-state index in [-0.39, 0.29) is 5.41 Å². The summed E-state index contributed by atoms with van der Waals surface area (Å²) in [5, 5.41) is 9.58. The van der Waals surface area contributed by atoms with E-state index in [1.807, 2.05) is 0 Å². The van der Waals surface area contributed by atoms with Crippen LogP contribution < -0.4 is 0 Å². The van der Waals surface area contributed by atoms with Crippen molar-refractivity contribution in [2.75, 3.05) is 6.61 Å². The van der Waals surface area contributed by atoms with Crippen LogP contribution in [-0.4, -0.2) is 11.7 Å². The van der Waals surface area contributed by atoms with Gasteiger partial charge < -0.3 is 5.11 Å². The molecule has 1 aromatic carbocycles. The van der Waals surface area contributed by atoms with E-state index in [1.54, 1.807) is 0 Å². The van der Waals surface area contributed by atoms with E-state index >= 15 is 0 Å². The Hall–Kier alpha value is -0.820. The first-order valence-electron chi connectivity index (χ1n) is 6.28. The zero-order valence-electron chi connectivity index (χ0n) is 10.4. The summed E-state index contributed by atoms with van der Waals surface area (Å²) < 4.78 is 0. The van der Waals surface area contributed by atoms with Crippen molar-refractivity contribution < 1.29 is 5.11 Å². The van der Waals surface area contributed by atoms with Gasteiger partial charge in [0, 0.05) is 6.61 Å². The lowest BCUT2D eigenvalue weighted by Gasteiger charge is -2.27. The van der Waals surface area contributed by atoms with Gasteiger partial charge >= 0.3 is 0 Å². The maximum atomic E-state index is 9.58. The molecule has 0 aromatic heterocycles. The summed E-state index contributed by atoms with van der Waals surface area (Å²) in [7, 11) is 0. The van der Waals surface area contributed by atoms with Crippen LogP contribution in [0.2, 0.25) is 0 Å². The molecule has 0 amide bonds. The number of rotatable bonds is 5. The molecule has 16 heavy (non-hydrogen) atoms. The fourth-order valence-corrected chi connectivity index (χ4v) is 2.41. The fourth-order valence-electron chi connectivity index (χ4n) is 2.41. The van der Waals surface area contributed by atoms with Gasteiger partial charge in [-0.3, -0.25) is 0 Å². The normalized spacial score (nSPS) is 19.4. The Bertz CT molecular complexity index is 337. The van der Waals surface area contributed by atoms with E-state index in [0.717, 1.165) is 12.3 Å². The van der Waals surface area contributed by atoms with Gasteiger partial charge in [0.15, 0.2) is 0 Å². The van der Waals surface area contributed by atoms with Crippen molar-refractivity contribution in [2.24, 2.45) is 11.3 Å². The highest BCUT2D eigenvalue weighted by Crippen LogP contribution is 2.41. The van der Waals surface area contributed by atoms with E-state index in [2.05, 4.69) is 38.1 Å². The molecule has 0 spiro atoms. The summed E-state index contributed by atoms with van der Waals surface area (Å²) >= 11 is 0. The lowest BCUT2D eigenvalue weighted by molar-refractivity contribution is 0.126. The Morgan fingerprint density at radius 3 is 2.38 bits per heavy atom. The monoisotopic (exact) mass is 218 g/mol. The second kappa shape index (κ2) is 4.58. The summed E-state index contributed by atoms with van der Waals surface area (Å²) in [4.78, 5) is 0. The molecular formula is C15H22O. The molecule has 1 heteroatoms. The molecule has 1 saturated carbocycles. The smallest absolute Gasteiger partial charge is 0.0488 e. The molecule has 1 atom stereocenters. The lowest BCUT2D eigenvalue weighted by Crippen LogP contribution is -2.25. The van der Waals surface area contributed by atoms with E-state index < -0.39 is 0 Å². The average molecular weight is 218 g/mol. The van der Waals surface area contributed by atoms with Gasteiger partial charge in [-0.15, -0.1) is 0 Å². The molecule has 0 saturated heterocycles. The van der Waals surface area contributed by atoms with Crippen LogP contribution in [0.1, 0.15) is 37.3 Å². The predicted molar refractivity (Wildman–Crippen MR) is 67.4 cm³/mol. The standard InChI is InChI=1S/C15H22O/c1-12-3-5-13(6-4-12)9-15(2,11-16)10-14-7-8-14/h3-6,14,16H,7-11H2,1-2H3. The Morgan fingerprint density at radius 2 is 1.88 bits per heavy atom. The third-order valence-electron chi connectivity index (χ3n) is 3.61. The van der Waals surface area contributed by atoms with Crippen LogP contribution in [0.3, 0.4) is 0 Å². The maximum Gasteiger partial charge on any atom is 0.0488 e. The molecule has 1 aliphatic carbocycles. The minimum absolute atomic E-state index is 0.0798. The third kappa shape index (κ3) is 3.08. The van der Waals surface area contributed by atoms with E-state index in [4.69, 9.17) is 0 Å². The molecule has 1 N–H and O–H groups in total. The summed E-state index contributed by atoms with van der Waals surface area (Å²) in [5.41, 5.74) is 2.73. The van der Waals surface area contributed by atoms with Crippen molar-refractivity contribution in [3.63, 3.8) is 0 Å². The Labute approximate surface area is 98.5 Å². The first kappa shape index (κ1) is 11.7. The first-order chi connectivity index (χ1) is 7.61. The highest BCUT2D eigenvalue weighted by Gasteiger charge is 2.32. The summed E-state index contributed by atoms with van der Waals surface area (Å²) in [6, 6.07) is 8.70. The molecule has 0 radical (unpaired) electrons. The summed E-state index contributed by atoms with van der Waals surface area (Å²) in [6.07, 6.45) is 4.91. The van der Waals surface area contributed by atoms with Crippen LogP contribution in [0.4, 0.5) is 0 Å². The highest BCUT2D eigenvalue weighted by molar-refractivity contribution is 5.22. The molecule has 1 fully saturated rings. The number of hydrogen-bond donors (Lipinski definition) is 1. The molecule has 1 aromatic rings. The summed E-state index contributed by atoms with van der Waals surface area (Å²) in [6.45, 7) is 4.63. The number of aliphatic hydroxyl groups is 1. The van der Waals surface area contributed by atoms with Crippen molar-refractivity contribution in [1.82, 2.24) is 0 Å². The zero-order valence-corrected chi connectivity index (χ0v) is 10.4. The van der Waals surface area contributed by atoms with Crippen molar-refractivity contribution in [2.45, 2.75) is 39.5 Å². The van der Waals surface area contributed by atoms with E-state index in [9.17, 15) is 5.11 Å². The number of benzene rings is 1. The van der Waals surface area contributed by atoms with Gasteiger partial charge in [-0.1, -0.05) is 49.6 Å². The first-order valence-corrected chi connectivity index (χ1v) is 6.28.